The molecule has 0 aliphatic carbocycles. The predicted molar refractivity (Wildman–Crippen MR) is 97.2 cm³/mol. The Hall–Kier alpha value is -0.433. The van der Waals surface area contributed by atoms with E-state index in [0.717, 1.165) is 30.0 Å². The summed E-state index contributed by atoms with van der Waals surface area (Å²) in [5.74, 6) is 0. The molecule has 0 aromatic heterocycles. The molecule has 0 saturated heterocycles. The predicted octanol–water partition coefficient (Wildman–Crippen LogP) is 0.706. The molecule has 1 rings (SSSR count). The van der Waals surface area contributed by atoms with Crippen molar-refractivity contribution in [3.8, 4) is 0 Å². The van der Waals surface area contributed by atoms with Gasteiger partial charge in [-0.2, -0.15) is 0 Å². The van der Waals surface area contributed by atoms with Crippen molar-refractivity contribution in [1.29, 1.82) is 0 Å². The van der Waals surface area contributed by atoms with Crippen LogP contribution < -0.4 is 12.4 Å². The van der Waals surface area contributed by atoms with Crippen LogP contribution in [0.3, 0.4) is 0 Å². The standard InChI is InChI=1S/C18H34NO3Si.ClH/c1-6-20-23(21-7-2,22-8-3)16-12-15-19(4,5)17-18-13-10-9-11-14-18;/h9-11,13-14H,6-8,12,15-17H2,1-5H3;1H/q+1;/p-1. The summed E-state index contributed by atoms with van der Waals surface area (Å²) >= 11 is 0. The first-order valence-corrected chi connectivity index (χ1v) is 10.7. The molecular formula is C18H34ClNO3Si. The van der Waals surface area contributed by atoms with E-state index in [1.165, 1.54) is 5.56 Å². The van der Waals surface area contributed by atoms with Gasteiger partial charge in [0.2, 0.25) is 0 Å². The lowest BCUT2D eigenvalue weighted by Crippen LogP contribution is -3.00. The Bertz CT molecular complexity index is 415. The SMILES string of the molecule is CCO[Si](CCC[N+](C)(C)Cc1ccccc1)(OCC)OCC.[Cl-]. The summed E-state index contributed by atoms with van der Waals surface area (Å²) in [6, 6.07) is 11.5. The second kappa shape index (κ2) is 12.0. The quantitative estimate of drug-likeness (QED) is 0.397. The van der Waals surface area contributed by atoms with E-state index in [9.17, 15) is 0 Å². The van der Waals surface area contributed by atoms with Crippen molar-refractivity contribution in [1.82, 2.24) is 0 Å². The molecule has 0 heterocycles. The first-order chi connectivity index (χ1) is 11.0. The van der Waals surface area contributed by atoms with Gasteiger partial charge in [-0.1, -0.05) is 30.3 Å². The molecule has 4 nitrogen and oxygen atoms in total. The molecule has 24 heavy (non-hydrogen) atoms. The van der Waals surface area contributed by atoms with Crippen LogP contribution in [0, 0.1) is 0 Å². The molecule has 0 spiro atoms. The minimum Gasteiger partial charge on any atom is -1.00 e. The third-order valence-corrected chi connectivity index (χ3v) is 6.94. The van der Waals surface area contributed by atoms with Crippen molar-refractivity contribution in [3.63, 3.8) is 0 Å². The third-order valence-electron chi connectivity index (χ3n) is 3.79. The number of quaternary nitrogens is 1. The van der Waals surface area contributed by atoms with Gasteiger partial charge in [-0.25, -0.2) is 0 Å². The van der Waals surface area contributed by atoms with Gasteiger partial charge in [-0.15, -0.1) is 0 Å². The summed E-state index contributed by atoms with van der Waals surface area (Å²) < 4.78 is 18.8. The van der Waals surface area contributed by atoms with Gasteiger partial charge in [0.25, 0.3) is 0 Å². The van der Waals surface area contributed by atoms with Crippen LogP contribution in [0.25, 0.3) is 0 Å². The maximum Gasteiger partial charge on any atom is 0.501 e. The highest BCUT2D eigenvalue weighted by atomic mass is 35.5. The van der Waals surface area contributed by atoms with Crippen molar-refractivity contribution >= 4 is 8.80 Å². The van der Waals surface area contributed by atoms with Gasteiger partial charge in [0, 0.05) is 37.8 Å². The molecule has 0 radical (unpaired) electrons. The van der Waals surface area contributed by atoms with Gasteiger partial charge in [0.1, 0.15) is 6.54 Å². The molecule has 0 amide bonds. The molecule has 0 aliphatic heterocycles. The monoisotopic (exact) mass is 375 g/mol. The number of hydrogen-bond acceptors (Lipinski definition) is 3. The molecule has 0 saturated carbocycles. The highest BCUT2D eigenvalue weighted by Crippen LogP contribution is 2.20. The number of hydrogen-bond donors (Lipinski definition) is 0. The third kappa shape index (κ3) is 8.60. The van der Waals surface area contributed by atoms with Crippen LogP contribution in [-0.4, -0.2) is 53.7 Å². The normalized spacial score (nSPS) is 12.0. The fourth-order valence-corrected chi connectivity index (χ4v) is 5.48. The molecular weight excluding hydrogens is 342 g/mol. The molecule has 0 atom stereocenters. The summed E-state index contributed by atoms with van der Waals surface area (Å²) in [5, 5.41) is 0. The average Bonchev–Trinajstić information content (AvgIpc) is 2.48. The van der Waals surface area contributed by atoms with Crippen LogP contribution in [0.5, 0.6) is 0 Å². The second-order valence-electron chi connectivity index (χ2n) is 6.39. The maximum absolute atomic E-state index is 5.93. The van der Waals surface area contributed by atoms with E-state index in [1.54, 1.807) is 0 Å². The summed E-state index contributed by atoms with van der Waals surface area (Å²) in [6.07, 6.45) is 1.05. The zero-order valence-electron chi connectivity index (χ0n) is 15.9. The van der Waals surface area contributed by atoms with Crippen LogP contribution in [0.2, 0.25) is 6.04 Å². The van der Waals surface area contributed by atoms with Crippen molar-refractivity contribution < 1.29 is 30.2 Å². The van der Waals surface area contributed by atoms with Crippen LogP contribution >= 0.6 is 0 Å². The largest absolute Gasteiger partial charge is 1.00 e. The lowest BCUT2D eigenvalue weighted by Gasteiger charge is -2.32. The summed E-state index contributed by atoms with van der Waals surface area (Å²) in [6.45, 7) is 10.1. The lowest BCUT2D eigenvalue weighted by atomic mass is 10.2. The Balaban J connectivity index is 0.00000529. The Morgan fingerprint density at radius 1 is 0.875 bits per heavy atom. The highest BCUT2D eigenvalue weighted by Gasteiger charge is 2.40. The van der Waals surface area contributed by atoms with Crippen LogP contribution in [0.4, 0.5) is 0 Å². The molecule has 140 valence electrons. The first kappa shape index (κ1) is 23.6. The lowest BCUT2D eigenvalue weighted by molar-refractivity contribution is -0.903. The van der Waals surface area contributed by atoms with Gasteiger partial charge in [-0.05, 0) is 20.8 Å². The first-order valence-electron chi connectivity index (χ1n) is 8.74. The number of halogens is 1. The fraction of sp³-hybridized carbons (Fsp3) is 0.667. The summed E-state index contributed by atoms with van der Waals surface area (Å²) in [4.78, 5) is 0. The van der Waals surface area contributed by atoms with Crippen LogP contribution in [0.15, 0.2) is 30.3 Å². The average molecular weight is 376 g/mol. The zero-order valence-corrected chi connectivity index (χ0v) is 17.6. The molecule has 0 fully saturated rings. The smallest absolute Gasteiger partial charge is 0.501 e. The summed E-state index contributed by atoms with van der Waals surface area (Å²) in [7, 11) is 2.05. The van der Waals surface area contributed by atoms with Gasteiger partial charge < -0.3 is 30.2 Å². The van der Waals surface area contributed by atoms with E-state index in [4.69, 9.17) is 13.3 Å². The molecule has 0 bridgehead atoms. The number of rotatable bonds is 12. The van der Waals surface area contributed by atoms with Crippen LogP contribution in [0.1, 0.15) is 32.8 Å². The van der Waals surface area contributed by atoms with Gasteiger partial charge in [0.15, 0.2) is 0 Å². The van der Waals surface area contributed by atoms with Crippen molar-refractivity contribution in [2.75, 3.05) is 40.5 Å². The second-order valence-corrected chi connectivity index (χ2v) is 9.12. The van der Waals surface area contributed by atoms with Gasteiger partial charge >= 0.3 is 8.80 Å². The molecule has 6 heteroatoms. The number of nitrogens with zero attached hydrogens (tertiary/aromatic N) is 1. The summed E-state index contributed by atoms with van der Waals surface area (Å²) in [5.41, 5.74) is 1.38. The van der Waals surface area contributed by atoms with E-state index >= 15 is 0 Å². The van der Waals surface area contributed by atoms with Crippen LogP contribution in [-0.2, 0) is 19.8 Å². The van der Waals surface area contributed by atoms with Crippen molar-refractivity contribution in [2.45, 2.75) is 39.8 Å². The fourth-order valence-electron chi connectivity index (χ4n) is 2.88. The Morgan fingerprint density at radius 2 is 1.38 bits per heavy atom. The molecule has 1 aromatic rings. The van der Waals surface area contributed by atoms with Crippen molar-refractivity contribution in [3.05, 3.63) is 35.9 Å². The van der Waals surface area contributed by atoms with Crippen molar-refractivity contribution in [2.24, 2.45) is 0 Å². The Labute approximate surface area is 155 Å². The molecule has 0 aliphatic rings. The topological polar surface area (TPSA) is 27.7 Å². The number of benzene rings is 1. The molecule has 0 N–H and O–H groups in total. The Kier molecular flexibility index (Phi) is 11.8. The van der Waals surface area contributed by atoms with Gasteiger partial charge in [0.05, 0.1) is 20.6 Å². The maximum atomic E-state index is 5.93. The zero-order chi connectivity index (χ0) is 17.2. The van der Waals surface area contributed by atoms with E-state index in [1.807, 2.05) is 20.8 Å². The Morgan fingerprint density at radius 3 is 1.83 bits per heavy atom. The van der Waals surface area contributed by atoms with E-state index in [2.05, 4.69) is 44.4 Å². The molecule has 0 unspecified atom stereocenters. The van der Waals surface area contributed by atoms with E-state index in [0.29, 0.717) is 19.8 Å². The van der Waals surface area contributed by atoms with Gasteiger partial charge in [-0.3, -0.25) is 0 Å². The highest BCUT2D eigenvalue weighted by molar-refractivity contribution is 6.60. The van der Waals surface area contributed by atoms with E-state index < -0.39 is 8.80 Å². The minimum absolute atomic E-state index is 0. The molecule has 1 aromatic carbocycles. The minimum atomic E-state index is -2.50. The van der Waals surface area contributed by atoms with E-state index in [-0.39, 0.29) is 12.4 Å².